The number of methoxy groups -OCH3 is 1. The molecule has 158 valence electrons. The van der Waals surface area contributed by atoms with E-state index in [4.69, 9.17) is 14.9 Å². The maximum atomic E-state index is 10.9. The smallest absolute Gasteiger partial charge is 0.317 e. The van der Waals surface area contributed by atoms with Crippen molar-refractivity contribution < 1.29 is 14.6 Å². The summed E-state index contributed by atoms with van der Waals surface area (Å²) >= 11 is 0. The summed E-state index contributed by atoms with van der Waals surface area (Å²) in [4.78, 5) is 12.9. The molecule has 7 heteroatoms. The molecule has 2 N–H and O–H groups in total. The van der Waals surface area contributed by atoms with Crippen LogP contribution in [0.5, 0.6) is 5.88 Å². The molecule has 1 aromatic heterocycles. The van der Waals surface area contributed by atoms with Crippen LogP contribution in [-0.4, -0.2) is 65.6 Å². The van der Waals surface area contributed by atoms with E-state index in [9.17, 15) is 4.79 Å². The quantitative estimate of drug-likeness (QED) is 0.744. The fraction of sp³-hybridized carbons (Fsp3) is 0.636. The molecule has 0 unspecified atom stereocenters. The number of hydrogen-bond donors (Lipinski definition) is 2. The average molecular weight is 401 g/mol. The number of aliphatic carboxylic acids is 1. The van der Waals surface area contributed by atoms with Crippen molar-refractivity contribution in [2.75, 3.05) is 39.8 Å². The van der Waals surface area contributed by atoms with Gasteiger partial charge >= 0.3 is 5.97 Å². The van der Waals surface area contributed by atoms with Crippen LogP contribution in [0.1, 0.15) is 43.7 Å². The summed E-state index contributed by atoms with van der Waals surface area (Å²) in [6.45, 7) is 3.99. The van der Waals surface area contributed by atoms with Gasteiger partial charge in [0.15, 0.2) is 0 Å². The molecule has 0 atom stereocenters. The van der Waals surface area contributed by atoms with E-state index in [1.165, 1.54) is 24.8 Å². The summed E-state index contributed by atoms with van der Waals surface area (Å²) in [5, 5.41) is 18.3. The normalized spacial score (nSPS) is 19.6. The molecule has 2 aliphatic heterocycles. The molecule has 7 nitrogen and oxygen atoms in total. The molecule has 2 aliphatic rings. The van der Waals surface area contributed by atoms with Crippen LogP contribution in [0.3, 0.4) is 0 Å². The van der Waals surface area contributed by atoms with Crippen LogP contribution >= 0.6 is 0 Å². The third kappa shape index (κ3) is 4.73. The number of carboxylic acid groups (broad SMARTS) is 1. The van der Waals surface area contributed by atoms with Gasteiger partial charge in [0.25, 0.3) is 0 Å². The van der Waals surface area contributed by atoms with Crippen LogP contribution < -0.4 is 10.1 Å². The van der Waals surface area contributed by atoms with Crippen molar-refractivity contribution in [3.05, 3.63) is 23.8 Å². The number of hydrogen-bond acceptors (Lipinski definition) is 5. The Kier molecular flexibility index (Phi) is 6.35. The monoisotopic (exact) mass is 400 g/mol. The number of benzene rings is 1. The van der Waals surface area contributed by atoms with E-state index >= 15 is 0 Å². The first-order valence-corrected chi connectivity index (χ1v) is 10.8. The number of likely N-dealkylation sites (tertiary alicyclic amines) is 1. The molecular formula is C22H32N4O3. The largest absolute Gasteiger partial charge is 0.480 e. The molecule has 0 saturated carbocycles. The molecule has 0 amide bonds. The van der Waals surface area contributed by atoms with E-state index in [1.807, 2.05) is 4.90 Å². The number of carbonyl (C=O) groups is 1. The van der Waals surface area contributed by atoms with Crippen LogP contribution in [0.2, 0.25) is 0 Å². The summed E-state index contributed by atoms with van der Waals surface area (Å²) in [5.41, 5.74) is 2.47. The van der Waals surface area contributed by atoms with Gasteiger partial charge in [-0.05, 0) is 75.2 Å². The molecule has 3 heterocycles. The second kappa shape index (κ2) is 9.13. The van der Waals surface area contributed by atoms with Crippen LogP contribution in [0, 0.1) is 5.92 Å². The minimum absolute atomic E-state index is 0.121. The van der Waals surface area contributed by atoms with Gasteiger partial charge in [-0.1, -0.05) is 6.07 Å². The molecule has 0 spiro atoms. The Balaban J connectivity index is 1.47. The predicted octanol–water partition coefficient (Wildman–Crippen LogP) is 2.70. The van der Waals surface area contributed by atoms with Crippen molar-refractivity contribution in [1.29, 1.82) is 0 Å². The predicted molar refractivity (Wildman–Crippen MR) is 113 cm³/mol. The lowest BCUT2D eigenvalue weighted by atomic mass is 9.91. The highest BCUT2D eigenvalue weighted by Crippen LogP contribution is 2.32. The summed E-state index contributed by atoms with van der Waals surface area (Å²) in [6, 6.07) is 6.96. The SMILES string of the molecule is COc1nn(C2CCN(CC(=O)O)CC2)c2ccc(CCC3CCNCC3)cc12. The number of nitrogens with zero attached hydrogens (tertiary/aromatic N) is 3. The van der Waals surface area contributed by atoms with E-state index in [2.05, 4.69) is 28.2 Å². The summed E-state index contributed by atoms with van der Waals surface area (Å²) < 4.78 is 7.69. The van der Waals surface area contributed by atoms with Crippen molar-refractivity contribution in [3.63, 3.8) is 0 Å². The fourth-order valence-corrected chi connectivity index (χ4v) is 4.80. The first-order chi connectivity index (χ1) is 14.1. The van der Waals surface area contributed by atoms with Crippen molar-refractivity contribution in [2.45, 2.75) is 44.6 Å². The van der Waals surface area contributed by atoms with Crippen LogP contribution in [0.25, 0.3) is 10.9 Å². The number of aromatic nitrogens is 2. The lowest BCUT2D eigenvalue weighted by Gasteiger charge is -2.31. The molecular weight excluding hydrogens is 368 g/mol. The van der Waals surface area contributed by atoms with Crippen LogP contribution in [0.4, 0.5) is 0 Å². The lowest BCUT2D eigenvalue weighted by Crippen LogP contribution is -2.38. The number of fused-ring (bicyclic) bond motifs is 1. The molecule has 1 aromatic carbocycles. The number of aryl methyl sites for hydroxylation is 1. The van der Waals surface area contributed by atoms with E-state index in [1.54, 1.807) is 7.11 Å². The topological polar surface area (TPSA) is 79.6 Å². The van der Waals surface area contributed by atoms with Gasteiger partial charge in [0.1, 0.15) is 0 Å². The lowest BCUT2D eigenvalue weighted by molar-refractivity contribution is -0.138. The first-order valence-electron chi connectivity index (χ1n) is 10.8. The number of ether oxygens (including phenoxy) is 1. The van der Waals surface area contributed by atoms with E-state index in [0.717, 1.165) is 62.3 Å². The van der Waals surface area contributed by atoms with Gasteiger partial charge < -0.3 is 15.2 Å². The first kappa shape index (κ1) is 20.2. The zero-order valence-corrected chi connectivity index (χ0v) is 17.3. The highest BCUT2D eigenvalue weighted by atomic mass is 16.5. The third-order valence-corrected chi connectivity index (χ3v) is 6.49. The van der Waals surface area contributed by atoms with Gasteiger partial charge in [0.2, 0.25) is 5.88 Å². The fourth-order valence-electron chi connectivity index (χ4n) is 4.80. The van der Waals surface area contributed by atoms with E-state index in [0.29, 0.717) is 5.88 Å². The Morgan fingerprint density at radius 2 is 2.00 bits per heavy atom. The Morgan fingerprint density at radius 3 is 2.69 bits per heavy atom. The minimum Gasteiger partial charge on any atom is -0.480 e. The van der Waals surface area contributed by atoms with Crippen LogP contribution in [0.15, 0.2) is 18.2 Å². The van der Waals surface area contributed by atoms with Gasteiger partial charge in [-0.2, -0.15) is 0 Å². The highest BCUT2D eigenvalue weighted by Gasteiger charge is 2.25. The zero-order chi connectivity index (χ0) is 20.2. The Morgan fingerprint density at radius 1 is 1.24 bits per heavy atom. The molecule has 0 aliphatic carbocycles. The molecule has 0 bridgehead atoms. The second-order valence-corrected chi connectivity index (χ2v) is 8.44. The Hall–Kier alpha value is -2.12. The summed E-state index contributed by atoms with van der Waals surface area (Å²) in [5.74, 6) is 0.760. The number of piperidine rings is 2. The zero-order valence-electron chi connectivity index (χ0n) is 17.3. The highest BCUT2D eigenvalue weighted by molar-refractivity contribution is 5.85. The van der Waals surface area contributed by atoms with Crippen molar-refractivity contribution in [2.24, 2.45) is 5.92 Å². The molecule has 0 radical (unpaired) electrons. The summed E-state index contributed by atoms with van der Waals surface area (Å²) in [6.07, 6.45) is 6.72. The van der Waals surface area contributed by atoms with Gasteiger partial charge in [0.05, 0.1) is 30.6 Å². The minimum atomic E-state index is -0.758. The number of carboxylic acids is 1. The second-order valence-electron chi connectivity index (χ2n) is 8.44. The van der Waals surface area contributed by atoms with E-state index in [-0.39, 0.29) is 12.6 Å². The van der Waals surface area contributed by atoms with Crippen molar-refractivity contribution in [1.82, 2.24) is 20.0 Å². The molecule has 29 heavy (non-hydrogen) atoms. The number of nitrogens with one attached hydrogen (secondary N) is 1. The maximum absolute atomic E-state index is 10.9. The van der Waals surface area contributed by atoms with Gasteiger partial charge in [-0.15, -0.1) is 5.10 Å². The molecule has 4 rings (SSSR count). The van der Waals surface area contributed by atoms with Crippen molar-refractivity contribution >= 4 is 16.9 Å². The summed E-state index contributed by atoms with van der Waals surface area (Å²) in [7, 11) is 1.68. The average Bonchev–Trinajstić information content (AvgIpc) is 3.11. The standard InChI is InChI=1S/C22H32N4O3/c1-29-22-19-14-17(3-2-16-6-10-23-11-7-16)4-5-20(19)26(24-22)18-8-12-25(13-9-18)15-21(27)28/h4-5,14,16,18,23H,2-3,6-13,15H2,1H3,(H,27,28). The van der Waals surface area contributed by atoms with Crippen molar-refractivity contribution in [3.8, 4) is 5.88 Å². The van der Waals surface area contributed by atoms with Gasteiger partial charge in [-0.25, -0.2) is 0 Å². The molecule has 2 aromatic rings. The number of rotatable bonds is 7. The Bertz CT molecular complexity index is 836. The van der Waals surface area contributed by atoms with Gasteiger partial charge in [0, 0.05) is 13.1 Å². The molecule has 2 fully saturated rings. The van der Waals surface area contributed by atoms with Gasteiger partial charge in [-0.3, -0.25) is 14.4 Å². The van der Waals surface area contributed by atoms with E-state index < -0.39 is 5.97 Å². The third-order valence-electron chi connectivity index (χ3n) is 6.49. The molecule has 2 saturated heterocycles. The Labute approximate surface area is 172 Å². The maximum Gasteiger partial charge on any atom is 0.317 e. The van der Waals surface area contributed by atoms with Crippen LogP contribution in [-0.2, 0) is 11.2 Å².